The van der Waals surface area contributed by atoms with Gasteiger partial charge in [-0.2, -0.15) is 0 Å². The second-order valence-electron chi connectivity index (χ2n) is 8.31. The lowest BCUT2D eigenvalue weighted by atomic mass is 10.1. The van der Waals surface area contributed by atoms with Gasteiger partial charge in [0.05, 0.1) is 22.7 Å². The van der Waals surface area contributed by atoms with Gasteiger partial charge in [0.25, 0.3) is 5.91 Å². The molecule has 1 amide bonds. The summed E-state index contributed by atoms with van der Waals surface area (Å²) in [4.78, 5) is 21.1. The summed E-state index contributed by atoms with van der Waals surface area (Å²) in [5, 5.41) is 15.7. The number of fused-ring (bicyclic) bond motifs is 1. The molecule has 4 rings (SSSR count). The summed E-state index contributed by atoms with van der Waals surface area (Å²) < 4.78 is 7.81. The number of anilines is 2. The Morgan fingerprint density at radius 3 is 2.80 bits per heavy atom. The number of nitrogens with one attached hydrogen (secondary N) is 2. The Labute approximate surface area is 207 Å². The normalized spacial score (nSPS) is 11.2. The summed E-state index contributed by atoms with van der Waals surface area (Å²) in [6, 6.07) is 13.9. The lowest BCUT2D eigenvalue weighted by molar-refractivity contribution is 0.0929. The van der Waals surface area contributed by atoms with Gasteiger partial charge in [-0.05, 0) is 56.3 Å². The molecule has 0 aliphatic carbocycles. The number of nitrogens with zero attached hydrogens (tertiary/aromatic N) is 3. The third-order valence-electron chi connectivity index (χ3n) is 5.20. The lowest BCUT2D eigenvalue weighted by Gasteiger charge is -2.19. The van der Waals surface area contributed by atoms with Crippen LogP contribution in [-0.2, 0) is 6.54 Å². The summed E-state index contributed by atoms with van der Waals surface area (Å²) in [5.74, 6) is 3.71. The fraction of sp³-hybridized carbons (Fsp3) is 0.192. The van der Waals surface area contributed by atoms with E-state index in [4.69, 9.17) is 22.8 Å². The van der Waals surface area contributed by atoms with E-state index >= 15 is 0 Å². The molecule has 0 aliphatic rings. The van der Waals surface area contributed by atoms with Crippen molar-refractivity contribution < 1.29 is 14.6 Å². The largest absolute Gasteiger partial charge is 0.456 e. The number of carbonyl (C=O) groups is 1. The minimum atomic E-state index is -0.769. The molecule has 0 atom stereocenters. The molecule has 2 aromatic heterocycles. The van der Waals surface area contributed by atoms with E-state index in [0.29, 0.717) is 40.1 Å². The SMILES string of the molecule is C#CC(C)(C)NC(=O)c1cccc(Oc2ccc(Nc3ncnc4ccn(CCO)c34)cc2Cl)c1. The Morgan fingerprint density at radius 1 is 1.23 bits per heavy atom. The van der Waals surface area contributed by atoms with Crippen molar-refractivity contribution in [2.75, 3.05) is 11.9 Å². The van der Waals surface area contributed by atoms with Gasteiger partial charge in [0, 0.05) is 24.0 Å². The van der Waals surface area contributed by atoms with Crippen LogP contribution in [0, 0.1) is 12.3 Å². The Bertz CT molecular complexity index is 1420. The fourth-order valence-corrected chi connectivity index (χ4v) is 3.66. The number of rotatable bonds is 8. The van der Waals surface area contributed by atoms with E-state index in [1.807, 2.05) is 16.8 Å². The van der Waals surface area contributed by atoms with Crippen LogP contribution in [0.25, 0.3) is 11.0 Å². The molecule has 2 heterocycles. The van der Waals surface area contributed by atoms with Crippen LogP contribution in [0.5, 0.6) is 11.5 Å². The van der Waals surface area contributed by atoms with E-state index in [9.17, 15) is 9.90 Å². The van der Waals surface area contributed by atoms with Gasteiger partial charge in [-0.25, -0.2) is 9.97 Å². The highest BCUT2D eigenvalue weighted by Crippen LogP contribution is 2.33. The maximum Gasteiger partial charge on any atom is 0.252 e. The summed E-state index contributed by atoms with van der Waals surface area (Å²) >= 11 is 6.49. The van der Waals surface area contributed by atoms with Gasteiger partial charge in [0.15, 0.2) is 5.82 Å². The van der Waals surface area contributed by atoms with Gasteiger partial charge in [-0.3, -0.25) is 4.79 Å². The average Bonchev–Trinajstić information content (AvgIpc) is 3.25. The molecule has 0 unspecified atom stereocenters. The maximum atomic E-state index is 12.5. The third kappa shape index (κ3) is 5.54. The first-order valence-corrected chi connectivity index (χ1v) is 11.2. The van der Waals surface area contributed by atoms with Gasteiger partial charge >= 0.3 is 0 Å². The standard InChI is InChI=1S/C26H24ClN5O3/c1-4-26(2,3)31-25(34)17-6-5-7-19(14-17)35-22-9-8-18(15-20(22)27)30-24-23-21(28-16-29-24)10-11-32(23)12-13-33/h1,5-11,14-16,33H,12-13H2,2-3H3,(H,31,34)(H,28,29,30). The minimum absolute atomic E-state index is 0.000503. The number of aromatic nitrogens is 3. The summed E-state index contributed by atoms with van der Waals surface area (Å²) in [6.45, 7) is 3.92. The summed E-state index contributed by atoms with van der Waals surface area (Å²) in [6.07, 6.45) is 8.78. The van der Waals surface area contributed by atoms with Crippen LogP contribution < -0.4 is 15.4 Å². The van der Waals surface area contributed by atoms with Crippen LogP contribution in [0.15, 0.2) is 61.1 Å². The zero-order chi connectivity index (χ0) is 25.0. The van der Waals surface area contributed by atoms with Crippen molar-refractivity contribution in [3.05, 3.63) is 71.6 Å². The number of amides is 1. The molecule has 0 bridgehead atoms. The molecular weight excluding hydrogens is 466 g/mol. The molecule has 0 saturated carbocycles. The summed E-state index contributed by atoms with van der Waals surface area (Å²) in [7, 11) is 0. The van der Waals surface area contributed by atoms with Gasteiger partial charge in [-0.15, -0.1) is 6.42 Å². The quantitative estimate of drug-likeness (QED) is 0.309. The fourth-order valence-electron chi connectivity index (χ4n) is 3.44. The van der Waals surface area contributed by atoms with Crippen molar-refractivity contribution in [3.8, 4) is 23.8 Å². The van der Waals surface area contributed by atoms with Crippen molar-refractivity contribution in [2.45, 2.75) is 25.9 Å². The number of aliphatic hydroxyl groups excluding tert-OH is 1. The number of ether oxygens (including phenoxy) is 1. The van der Waals surface area contributed by atoms with Gasteiger partial charge in [0.1, 0.15) is 23.3 Å². The number of carbonyl (C=O) groups excluding carboxylic acids is 1. The maximum absolute atomic E-state index is 12.5. The Hall–Kier alpha value is -4.06. The van der Waals surface area contributed by atoms with E-state index in [0.717, 1.165) is 11.0 Å². The molecule has 8 nitrogen and oxygen atoms in total. The van der Waals surface area contributed by atoms with Crippen LogP contribution in [0.3, 0.4) is 0 Å². The van der Waals surface area contributed by atoms with Crippen molar-refractivity contribution in [3.63, 3.8) is 0 Å². The first-order chi connectivity index (χ1) is 16.8. The molecule has 4 aromatic rings. The van der Waals surface area contributed by atoms with Crippen molar-refractivity contribution in [1.82, 2.24) is 19.9 Å². The lowest BCUT2D eigenvalue weighted by Crippen LogP contribution is -2.42. The molecule has 0 saturated heterocycles. The Balaban J connectivity index is 1.52. The number of halogens is 1. The van der Waals surface area contributed by atoms with Gasteiger partial charge < -0.3 is 25.0 Å². The molecular formula is C26H24ClN5O3. The molecule has 0 radical (unpaired) electrons. The second-order valence-corrected chi connectivity index (χ2v) is 8.72. The first kappa shape index (κ1) is 24.1. The first-order valence-electron chi connectivity index (χ1n) is 10.8. The molecule has 0 aliphatic heterocycles. The second kappa shape index (κ2) is 10.1. The van der Waals surface area contributed by atoms with E-state index < -0.39 is 5.54 Å². The number of hydrogen-bond acceptors (Lipinski definition) is 6. The summed E-state index contributed by atoms with van der Waals surface area (Å²) in [5.41, 5.74) is 1.88. The van der Waals surface area contributed by atoms with Crippen molar-refractivity contribution >= 4 is 40.0 Å². The van der Waals surface area contributed by atoms with E-state index in [1.165, 1.54) is 6.33 Å². The van der Waals surface area contributed by atoms with Crippen LogP contribution in [0.4, 0.5) is 11.5 Å². The monoisotopic (exact) mass is 489 g/mol. The van der Waals surface area contributed by atoms with Gasteiger partial charge in [0.2, 0.25) is 0 Å². The van der Waals surface area contributed by atoms with E-state index in [2.05, 4.69) is 26.5 Å². The highest BCUT2D eigenvalue weighted by Gasteiger charge is 2.18. The predicted octanol–water partition coefficient (Wildman–Crippen LogP) is 4.75. The zero-order valence-corrected chi connectivity index (χ0v) is 20.0. The van der Waals surface area contributed by atoms with Crippen LogP contribution in [0.1, 0.15) is 24.2 Å². The van der Waals surface area contributed by atoms with Crippen LogP contribution >= 0.6 is 11.6 Å². The molecule has 35 heavy (non-hydrogen) atoms. The molecule has 0 spiro atoms. The van der Waals surface area contributed by atoms with E-state index in [1.54, 1.807) is 56.3 Å². The Kier molecular flexibility index (Phi) is 6.92. The molecule has 3 N–H and O–H groups in total. The smallest absolute Gasteiger partial charge is 0.252 e. The third-order valence-corrected chi connectivity index (χ3v) is 5.49. The number of benzene rings is 2. The van der Waals surface area contributed by atoms with E-state index in [-0.39, 0.29) is 12.5 Å². The minimum Gasteiger partial charge on any atom is -0.456 e. The number of aliphatic hydroxyl groups is 1. The molecule has 2 aromatic carbocycles. The van der Waals surface area contributed by atoms with Crippen LogP contribution in [-0.4, -0.2) is 37.7 Å². The van der Waals surface area contributed by atoms with Crippen LogP contribution in [0.2, 0.25) is 5.02 Å². The number of terminal acetylenes is 1. The highest BCUT2D eigenvalue weighted by molar-refractivity contribution is 6.32. The van der Waals surface area contributed by atoms with Crippen molar-refractivity contribution in [2.24, 2.45) is 0 Å². The van der Waals surface area contributed by atoms with Crippen molar-refractivity contribution in [1.29, 1.82) is 0 Å². The average molecular weight is 490 g/mol. The van der Waals surface area contributed by atoms with Gasteiger partial charge in [-0.1, -0.05) is 23.6 Å². The molecule has 9 heteroatoms. The highest BCUT2D eigenvalue weighted by atomic mass is 35.5. The molecule has 0 fully saturated rings. The number of hydrogen-bond donors (Lipinski definition) is 3. The topological polar surface area (TPSA) is 101 Å². The molecule has 178 valence electrons. The Morgan fingerprint density at radius 2 is 2.06 bits per heavy atom. The predicted molar refractivity (Wildman–Crippen MR) is 136 cm³/mol. The zero-order valence-electron chi connectivity index (χ0n) is 19.2.